The van der Waals surface area contributed by atoms with Gasteiger partial charge in [-0.15, -0.1) is 0 Å². The molecule has 1 saturated heterocycles. The summed E-state index contributed by atoms with van der Waals surface area (Å²) < 4.78 is 0. The average molecular weight is 359 g/mol. The van der Waals surface area contributed by atoms with Crippen LogP contribution in [0.5, 0.6) is 0 Å². The van der Waals surface area contributed by atoms with Gasteiger partial charge in [0, 0.05) is 12.5 Å². The quantitative estimate of drug-likeness (QED) is 0.847. The van der Waals surface area contributed by atoms with Crippen molar-refractivity contribution in [3.05, 3.63) is 35.9 Å². The molecule has 3 atom stereocenters. The number of piperidine rings is 1. The first-order chi connectivity index (χ1) is 12.2. The van der Waals surface area contributed by atoms with E-state index >= 15 is 0 Å². The third-order valence-electron chi connectivity index (χ3n) is 5.82. The molecule has 1 aliphatic carbocycles. The van der Waals surface area contributed by atoms with Crippen molar-refractivity contribution in [1.82, 2.24) is 10.2 Å². The Bertz CT molecular complexity index is 617. The fourth-order valence-corrected chi connectivity index (χ4v) is 3.85. The molecule has 2 fully saturated rings. The van der Waals surface area contributed by atoms with Crippen molar-refractivity contribution in [3.63, 3.8) is 0 Å². The Morgan fingerprint density at radius 3 is 2.50 bits per heavy atom. The monoisotopic (exact) mass is 358 g/mol. The lowest BCUT2D eigenvalue weighted by atomic mass is 9.79. The second kappa shape index (κ2) is 7.32. The van der Waals surface area contributed by atoms with Crippen molar-refractivity contribution in [3.8, 4) is 0 Å². The highest BCUT2D eigenvalue weighted by molar-refractivity contribution is 5.81. The summed E-state index contributed by atoms with van der Waals surface area (Å²) in [4.78, 5) is 15.0. The molecule has 1 aromatic rings. The average Bonchev–Trinajstić information content (AvgIpc) is 3.40. The van der Waals surface area contributed by atoms with Crippen LogP contribution in [0.4, 0.5) is 0 Å². The van der Waals surface area contributed by atoms with E-state index in [2.05, 4.69) is 43.1 Å². The van der Waals surface area contributed by atoms with Gasteiger partial charge in [-0.3, -0.25) is 9.69 Å². The van der Waals surface area contributed by atoms with Gasteiger partial charge in [0.15, 0.2) is 0 Å². The van der Waals surface area contributed by atoms with Crippen molar-refractivity contribution in [2.75, 3.05) is 13.1 Å². The molecule has 2 aliphatic rings. The Morgan fingerprint density at radius 1 is 1.27 bits per heavy atom. The number of carbonyl (C=O) groups excluding carboxylic acids is 1. The fourth-order valence-electron chi connectivity index (χ4n) is 3.85. The number of hydrogen-bond donors (Lipinski definition) is 2. The second-order valence-corrected chi connectivity index (χ2v) is 9.57. The summed E-state index contributed by atoms with van der Waals surface area (Å²) in [5, 5.41) is 14.3. The van der Waals surface area contributed by atoms with Gasteiger partial charge in [-0.25, -0.2) is 0 Å². The van der Waals surface area contributed by atoms with E-state index < -0.39 is 5.60 Å². The summed E-state index contributed by atoms with van der Waals surface area (Å²) in [5.74, 6) is 0.251. The molecular weight excluding hydrogens is 324 g/mol. The summed E-state index contributed by atoms with van der Waals surface area (Å²) in [7, 11) is 0. The van der Waals surface area contributed by atoms with Crippen molar-refractivity contribution in [2.24, 2.45) is 11.3 Å². The number of carbonyl (C=O) groups is 1. The van der Waals surface area contributed by atoms with Gasteiger partial charge in [0.1, 0.15) is 0 Å². The highest BCUT2D eigenvalue weighted by Crippen LogP contribution is 2.39. The smallest absolute Gasteiger partial charge is 0.223 e. The second-order valence-electron chi connectivity index (χ2n) is 9.57. The highest BCUT2D eigenvalue weighted by Gasteiger charge is 2.47. The first-order valence-electron chi connectivity index (χ1n) is 9.99. The van der Waals surface area contributed by atoms with Crippen molar-refractivity contribution >= 4 is 5.91 Å². The largest absolute Gasteiger partial charge is 0.388 e. The van der Waals surface area contributed by atoms with E-state index in [1.54, 1.807) is 0 Å². The number of amides is 1. The Morgan fingerprint density at radius 2 is 1.92 bits per heavy atom. The SMILES string of the molecule is CC(C)(C)CCN1CC[C@@](C)(O)[C@@H](NC(=O)C2CC2)[C@@H]1c1ccccc1. The van der Waals surface area contributed by atoms with Gasteiger partial charge < -0.3 is 10.4 Å². The van der Waals surface area contributed by atoms with E-state index in [0.717, 1.165) is 32.4 Å². The molecule has 0 aromatic heterocycles. The zero-order valence-corrected chi connectivity index (χ0v) is 16.7. The fraction of sp³-hybridized carbons (Fsp3) is 0.682. The molecule has 0 radical (unpaired) electrons. The topological polar surface area (TPSA) is 52.6 Å². The standard InChI is InChI=1S/C22H34N2O2/c1-21(2,3)12-14-24-15-13-22(4,26)19(23-20(25)17-10-11-17)18(24)16-8-6-5-7-9-16/h5-9,17-19,26H,10-15H2,1-4H3,(H,23,25)/t18-,19-,22+/m0/s1. The summed E-state index contributed by atoms with van der Waals surface area (Å²) >= 11 is 0. The molecule has 144 valence electrons. The van der Waals surface area contributed by atoms with E-state index in [4.69, 9.17) is 0 Å². The summed E-state index contributed by atoms with van der Waals surface area (Å²) in [6.07, 6.45) is 3.72. The Kier molecular flexibility index (Phi) is 5.45. The molecule has 4 heteroatoms. The van der Waals surface area contributed by atoms with E-state index in [-0.39, 0.29) is 29.3 Å². The van der Waals surface area contributed by atoms with Crippen LogP contribution in [0.2, 0.25) is 0 Å². The molecule has 0 spiro atoms. The van der Waals surface area contributed by atoms with Crippen LogP contribution in [0, 0.1) is 11.3 Å². The third kappa shape index (κ3) is 4.66. The molecule has 0 unspecified atom stereocenters. The molecule has 1 aromatic carbocycles. The van der Waals surface area contributed by atoms with Crippen LogP contribution in [0.3, 0.4) is 0 Å². The molecule has 1 amide bonds. The minimum Gasteiger partial charge on any atom is -0.388 e. The van der Waals surface area contributed by atoms with Crippen LogP contribution in [-0.2, 0) is 4.79 Å². The number of aliphatic hydroxyl groups is 1. The van der Waals surface area contributed by atoms with Crippen LogP contribution in [0.15, 0.2) is 30.3 Å². The molecule has 1 heterocycles. The predicted octanol–water partition coefficient (Wildman–Crippen LogP) is 3.52. The van der Waals surface area contributed by atoms with Gasteiger partial charge in [0.05, 0.1) is 17.7 Å². The summed E-state index contributed by atoms with van der Waals surface area (Å²) in [5.41, 5.74) is 0.527. The van der Waals surface area contributed by atoms with Crippen LogP contribution < -0.4 is 5.32 Å². The van der Waals surface area contributed by atoms with E-state index in [1.165, 1.54) is 5.56 Å². The summed E-state index contributed by atoms with van der Waals surface area (Å²) in [6, 6.07) is 10.1. The van der Waals surface area contributed by atoms with E-state index in [9.17, 15) is 9.90 Å². The molecule has 2 N–H and O–H groups in total. The van der Waals surface area contributed by atoms with Crippen LogP contribution in [-0.4, -0.2) is 40.6 Å². The van der Waals surface area contributed by atoms with E-state index in [0.29, 0.717) is 6.42 Å². The molecule has 26 heavy (non-hydrogen) atoms. The molecule has 0 bridgehead atoms. The van der Waals surface area contributed by atoms with Gasteiger partial charge in [-0.1, -0.05) is 51.1 Å². The molecular formula is C22H34N2O2. The van der Waals surface area contributed by atoms with Crippen LogP contribution >= 0.6 is 0 Å². The normalized spacial score (nSPS) is 30.2. The highest BCUT2D eigenvalue weighted by atomic mass is 16.3. The van der Waals surface area contributed by atoms with Crippen molar-refractivity contribution in [2.45, 2.75) is 71.1 Å². The Labute approximate surface area is 158 Å². The summed E-state index contributed by atoms with van der Waals surface area (Å²) in [6.45, 7) is 10.5. The van der Waals surface area contributed by atoms with Gasteiger partial charge in [-0.2, -0.15) is 0 Å². The number of likely N-dealkylation sites (tertiary alicyclic amines) is 1. The maximum Gasteiger partial charge on any atom is 0.223 e. The number of nitrogens with one attached hydrogen (secondary N) is 1. The third-order valence-corrected chi connectivity index (χ3v) is 5.82. The maximum absolute atomic E-state index is 12.5. The lowest BCUT2D eigenvalue weighted by molar-refractivity contribution is -0.129. The first kappa shape index (κ1) is 19.4. The number of benzene rings is 1. The number of nitrogens with zero attached hydrogens (tertiary/aromatic N) is 1. The van der Waals surface area contributed by atoms with Crippen LogP contribution in [0.25, 0.3) is 0 Å². The predicted molar refractivity (Wildman–Crippen MR) is 105 cm³/mol. The van der Waals surface area contributed by atoms with Crippen molar-refractivity contribution < 1.29 is 9.90 Å². The maximum atomic E-state index is 12.5. The van der Waals surface area contributed by atoms with Gasteiger partial charge in [-0.05, 0) is 50.1 Å². The lowest BCUT2D eigenvalue weighted by Crippen LogP contribution is -2.62. The number of rotatable bonds is 5. The van der Waals surface area contributed by atoms with Crippen LogP contribution in [0.1, 0.15) is 65.0 Å². The zero-order chi connectivity index (χ0) is 18.9. The first-order valence-corrected chi connectivity index (χ1v) is 9.99. The number of hydrogen-bond acceptors (Lipinski definition) is 3. The minimum absolute atomic E-state index is 0.00463. The molecule has 4 nitrogen and oxygen atoms in total. The lowest BCUT2D eigenvalue weighted by Gasteiger charge is -2.49. The van der Waals surface area contributed by atoms with Crippen molar-refractivity contribution in [1.29, 1.82) is 0 Å². The minimum atomic E-state index is -0.900. The van der Waals surface area contributed by atoms with E-state index in [1.807, 2.05) is 25.1 Å². The zero-order valence-electron chi connectivity index (χ0n) is 16.7. The Hall–Kier alpha value is -1.39. The van der Waals surface area contributed by atoms with Gasteiger partial charge >= 0.3 is 0 Å². The molecule has 3 rings (SSSR count). The Balaban J connectivity index is 1.88. The van der Waals surface area contributed by atoms with Gasteiger partial charge in [0.2, 0.25) is 5.91 Å². The molecule has 1 saturated carbocycles. The van der Waals surface area contributed by atoms with Gasteiger partial charge in [0.25, 0.3) is 0 Å². The molecule has 1 aliphatic heterocycles.